The van der Waals surface area contributed by atoms with Crippen LogP contribution in [0.2, 0.25) is 0 Å². The molecule has 0 aliphatic carbocycles. The number of aromatic nitrogens is 6. The highest BCUT2D eigenvalue weighted by Crippen LogP contribution is 2.22. The molecule has 0 bridgehead atoms. The number of amides is 1. The number of halogens is 2. The molecule has 5 rings (SSSR count). The Kier molecular flexibility index (Phi) is 6.97. The predicted octanol–water partition coefficient (Wildman–Crippen LogP) is 3.13. The number of ether oxygens (including phenoxy) is 1. The number of hydrogen-bond donors (Lipinski definition) is 0. The van der Waals surface area contributed by atoms with Gasteiger partial charge >= 0.3 is 0 Å². The summed E-state index contributed by atoms with van der Waals surface area (Å²) in [7, 11) is 0. The number of pyridine rings is 1. The van der Waals surface area contributed by atoms with E-state index in [1.807, 2.05) is 23.1 Å². The van der Waals surface area contributed by atoms with Gasteiger partial charge in [0.2, 0.25) is 11.8 Å². The third-order valence-corrected chi connectivity index (χ3v) is 6.05. The average Bonchev–Trinajstić information content (AvgIpc) is 3.29. The van der Waals surface area contributed by atoms with Gasteiger partial charge in [-0.3, -0.25) is 9.78 Å². The quantitative estimate of drug-likeness (QED) is 0.359. The van der Waals surface area contributed by atoms with Crippen molar-refractivity contribution in [3.8, 4) is 11.6 Å². The lowest BCUT2D eigenvalue weighted by Crippen LogP contribution is -2.50. The van der Waals surface area contributed by atoms with Crippen LogP contribution in [-0.4, -0.2) is 60.6 Å². The number of alkyl halides is 2. The van der Waals surface area contributed by atoms with Crippen LogP contribution in [0.1, 0.15) is 29.1 Å². The van der Waals surface area contributed by atoms with Gasteiger partial charge in [0.05, 0.1) is 30.2 Å². The molecule has 1 aliphatic heterocycles. The minimum Gasteiger partial charge on any atom is -0.470 e. The number of carbonyl (C=O) groups is 1. The highest BCUT2D eigenvalue weighted by molar-refractivity contribution is 5.82. The van der Waals surface area contributed by atoms with Gasteiger partial charge in [0.1, 0.15) is 12.3 Å². The minimum atomic E-state index is -2.54. The fourth-order valence-corrected chi connectivity index (χ4v) is 3.97. The summed E-state index contributed by atoms with van der Waals surface area (Å²) in [6.45, 7) is 3.76. The van der Waals surface area contributed by atoms with E-state index in [0.29, 0.717) is 48.4 Å². The molecule has 190 valence electrons. The molecule has 1 aromatic carbocycles. The van der Waals surface area contributed by atoms with E-state index in [1.165, 1.54) is 12.1 Å². The zero-order valence-corrected chi connectivity index (χ0v) is 20.0. The van der Waals surface area contributed by atoms with Crippen LogP contribution in [0, 0.1) is 6.92 Å². The van der Waals surface area contributed by atoms with Crippen LogP contribution in [0.15, 0.2) is 60.8 Å². The molecule has 0 radical (unpaired) electrons. The van der Waals surface area contributed by atoms with Crippen LogP contribution in [0.3, 0.4) is 0 Å². The van der Waals surface area contributed by atoms with Crippen molar-refractivity contribution >= 4 is 11.7 Å². The van der Waals surface area contributed by atoms with Crippen LogP contribution in [-0.2, 0) is 17.9 Å². The summed E-state index contributed by atoms with van der Waals surface area (Å²) >= 11 is 0. The first-order chi connectivity index (χ1) is 18.0. The molecule has 0 saturated carbocycles. The van der Waals surface area contributed by atoms with Crippen LogP contribution >= 0.6 is 0 Å². The van der Waals surface area contributed by atoms with E-state index in [2.05, 4.69) is 25.5 Å². The Morgan fingerprint density at radius 1 is 1.00 bits per heavy atom. The van der Waals surface area contributed by atoms with E-state index >= 15 is 0 Å². The second kappa shape index (κ2) is 10.6. The van der Waals surface area contributed by atoms with Crippen molar-refractivity contribution in [3.05, 3.63) is 83.4 Å². The standard InChI is InChI=1S/C25H24F2N8O2/c1-17-21(35(32-29-17)20-7-5-18(6-8-20)25(26)27)16-37-23-10-9-22(30-31-23)33-12-13-34(24(36)15-33)14-19-4-2-3-11-28-19/h2-11,25H,12-16H2,1H3. The van der Waals surface area contributed by atoms with Crippen molar-refractivity contribution in [3.63, 3.8) is 0 Å². The highest BCUT2D eigenvalue weighted by atomic mass is 19.3. The summed E-state index contributed by atoms with van der Waals surface area (Å²) in [5.41, 5.74) is 2.68. The van der Waals surface area contributed by atoms with Gasteiger partial charge in [-0.25, -0.2) is 13.5 Å². The number of anilines is 1. The molecular weight excluding hydrogens is 482 g/mol. The summed E-state index contributed by atoms with van der Waals surface area (Å²) in [6, 6.07) is 14.9. The lowest BCUT2D eigenvalue weighted by Gasteiger charge is -2.34. The molecule has 1 fully saturated rings. The third kappa shape index (κ3) is 5.52. The van der Waals surface area contributed by atoms with Crippen molar-refractivity contribution in [2.45, 2.75) is 26.5 Å². The van der Waals surface area contributed by atoms with Gasteiger partial charge in [0.25, 0.3) is 6.43 Å². The van der Waals surface area contributed by atoms with E-state index in [9.17, 15) is 13.6 Å². The Labute approximate surface area is 211 Å². The molecule has 1 aliphatic rings. The van der Waals surface area contributed by atoms with Crippen molar-refractivity contribution in [1.82, 2.24) is 35.1 Å². The SMILES string of the molecule is Cc1nnn(-c2ccc(C(F)F)cc2)c1COc1ccc(N2CCN(Cc3ccccn3)C(=O)C2)nn1. The van der Waals surface area contributed by atoms with Crippen molar-refractivity contribution in [1.29, 1.82) is 0 Å². The second-order valence-corrected chi connectivity index (χ2v) is 8.50. The summed E-state index contributed by atoms with van der Waals surface area (Å²) in [5.74, 6) is 0.876. The van der Waals surface area contributed by atoms with Crippen LogP contribution in [0.4, 0.5) is 14.6 Å². The van der Waals surface area contributed by atoms with Crippen LogP contribution in [0.5, 0.6) is 5.88 Å². The monoisotopic (exact) mass is 506 g/mol. The Hall–Kier alpha value is -4.48. The van der Waals surface area contributed by atoms with Gasteiger partial charge in [-0.1, -0.05) is 23.4 Å². The zero-order valence-electron chi connectivity index (χ0n) is 20.0. The lowest BCUT2D eigenvalue weighted by molar-refractivity contribution is -0.131. The Morgan fingerprint density at radius 2 is 1.84 bits per heavy atom. The van der Waals surface area contributed by atoms with Gasteiger partial charge in [0, 0.05) is 30.9 Å². The van der Waals surface area contributed by atoms with Crippen LogP contribution < -0.4 is 9.64 Å². The molecule has 0 unspecified atom stereocenters. The first-order valence-corrected chi connectivity index (χ1v) is 11.7. The Balaban J connectivity index is 1.19. The van der Waals surface area contributed by atoms with Gasteiger partial charge in [0.15, 0.2) is 5.82 Å². The van der Waals surface area contributed by atoms with E-state index < -0.39 is 6.43 Å². The van der Waals surface area contributed by atoms with Crippen molar-refractivity contribution < 1.29 is 18.3 Å². The molecule has 4 heterocycles. The van der Waals surface area contributed by atoms with Gasteiger partial charge < -0.3 is 14.5 Å². The van der Waals surface area contributed by atoms with E-state index in [1.54, 1.807) is 47.0 Å². The topological polar surface area (TPSA) is 102 Å². The summed E-state index contributed by atoms with van der Waals surface area (Å²) in [4.78, 5) is 20.6. The summed E-state index contributed by atoms with van der Waals surface area (Å²) in [5, 5.41) is 16.6. The maximum absolute atomic E-state index is 12.9. The predicted molar refractivity (Wildman–Crippen MR) is 129 cm³/mol. The van der Waals surface area contributed by atoms with Crippen molar-refractivity contribution in [2.24, 2.45) is 0 Å². The molecule has 10 nitrogen and oxygen atoms in total. The first-order valence-electron chi connectivity index (χ1n) is 11.7. The molecule has 0 N–H and O–H groups in total. The number of rotatable bonds is 8. The molecule has 1 amide bonds. The van der Waals surface area contributed by atoms with Crippen LogP contribution in [0.25, 0.3) is 5.69 Å². The fraction of sp³-hybridized carbons (Fsp3) is 0.280. The number of nitrogens with zero attached hydrogens (tertiary/aromatic N) is 8. The molecule has 0 spiro atoms. The number of hydrogen-bond acceptors (Lipinski definition) is 8. The molecule has 1 saturated heterocycles. The summed E-state index contributed by atoms with van der Waals surface area (Å²) in [6.07, 6.45) is -0.821. The zero-order chi connectivity index (χ0) is 25.8. The van der Waals surface area contributed by atoms with Crippen molar-refractivity contribution in [2.75, 3.05) is 24.5 Å². The molecule has 37 heavy (non-hydrogen) atoms. The number of carbonyl (C=O) groups excluding carboxylic acids is 1. The third-order valence-electron chi connectivity index (χ3n) is 6.05. The minimum absolute atomic E-state index is 0.00292. The van der Waals surface area contributed by atoms with Gasteiger partial charge in [-0.05, 0) is 37.3 Å². The highest BCUT2D eigenvalue weighted by Gasteiger charge is 2.25. The number of piperazine rings is 1. The smallest absolute Gasteiger partial charge is 0.263 e. The maximum atomic E-state index is 12.9. The van der Waals surface area contributed by atoms with Gasteiger partial charge in [-0.2, -0.15) is 0 Å². The summed E-state index contributed by atoms with van der Waals surface area (Å²) < 4.78 is 33.1. The average molecular weight is 507 g/mol. The molecule has 3 aromatic heterocycles. The number of benzene rings is 1. The fourth-order valence-electron chi connectivity index (χ4n) is 3.97. The largest absolute Gasteiger partial charge is 0.470 e. The van der Waals surface area contributed by atoms with E-state index in [-0.39, 0.29) is 24.6 Å². The van der Waals surface area contributed by atoms with Gasteiger partial charge in [-0.15, -0.1) is 15.3 Å². The molecule has 4 aromatic rings. The molecule has 12 heteroatoms. The van der Waals surface area contributed by atoms with E-state index in [4.69, 9.17) is 4.74 Å². The maximum Gasteiger partial charge on any atom is 0.263 e. The lowest BCUT2D eigenvalue weighted by atomic mass is 10.2. The number of aryl methyl sites for hydroxylation is 1. The first kappa shape index (κ1) is 24.2. The Morgan fingerprint density at radius 3 is 2.51 bits per heavy atom. The van der Waals surface area contributed by atoms with E-state index in [0.717, 1.165) is 5.69 Å². The molecular formula is C25H24F2N8O2. The molecule has 0 atom stereocenters. The normalized spacial score (nSPS) is 13.9. The second-order valence-electron chi connectivity index (χ2n) is 8.50. The Bertz CT molecular complexity index is 1350.